The Balaban J connectivity index is 1.52. The van der Waals surface area contributed by atoms with Crippen molar-refractivity contribution in [2.75, 3.05) is 6.61 Å². The number of aryl methyl sites for hydroxylation is 1. The van der Waals surface area contributed by atoms with E-state index in [9.17, 15) is 8.42 Å². The summed E-state index contributed by atoms with van der Waals surface area (Å²) in [4.78, 5) is 0.385. The maximum atomic E-state index is 13.7. The van der Waals surface area contributed by atoms with Crippen molar-refractivity contribution in [2.45, 2.75) is 68.8 Å². The lowest BCUT2D eigenvalue weighted by atomic mass is 10.2. The Kier molecular flexibility index (Phi) is 4.47. The fourth-order valence-corrected chi connectivity index (χ4v) is 6.73. The van der Waals surface area contributed by atoms with Gasteiger partial charge in [0.1, 0.15) is 5.75 Å². The molecule has 150 valence electrons. The summed E-state index contributed by atoms with van der Waals surface area (Å²) in [5.74, 6) is 0.814. The molecule has 0 unspecified atom stereocenters. The second-order valence-electron chi connectivity index (χ2n) is 8.21. The zero-order valence-corrected chi connectivity index (χ0v) is 17.2. The van der Waals surface area contributed by atoms with Crippen LogP contribution < -0.4 is 4.74 Å². The van der Waals surface area contributed by atoms with Gasteiger partial charge in [0.15, 0.2) is 0 Å². The Hall–Kier alpha value is -1.86. The van der Waals surface area contributed by atoms with Crippen LogP contribution >= 0.6 is 0 Å². The maximum absolute atomic E-state index is 13.7. The number of nitrogens with zero attached hydrogens (tertiary/aromatic N) is 3. The summed E-state index contributed by atoms with van der Waals surface area (Å²) < 4.78 is 36.6. The van der Waals surface area contributed by atoms with Crippen LogP contribution in [0.1, 0.15) is 54.6 Å². The van der Waals surface area contributed by atoms with Crippen LogP contribution in [0.2, 0.25) is 0 Å². The van der Waals surface area contributed by atoms with Crippen LogP contribution in [0.5, 0.6) is 5.75 Å². The SMILES string of the molecule is Cn1nc(CN(C2CCCC2)S(=O)(=O)c2ccc3c(c2)CCO3)c2c1CCC2. The number of sulfonamides is 1. The standard InChI is InChI=1S/C21H27N3O3S/c1-23-20-8-4-7-18(20)19(22-23)14-24(16-5-2-3-6-16)28(25,26)17-9-10-21-15(13-17)11-12-27-21/h9-10,13,16H,2-8,11-12,14H2,1H3. The van der Waals surface area contributed by atoms with Gasteiger partial charge in [0.25, 0.3) is 0 Å². The Labute approximate surface area is 166 Å². The van der Waals surface area contributed by atoms with Crippen molar-refractivity contribution < 1.29 is 13.2 Å². The Bertz CT molecular complexity index is 1010. The van der Waals surface area contributed by atoms with Gasteiger partial charge in [-0.1, -0.05) is 12.8 Å². The minimum atomic E-state index is -3.58. The highest BCUT2D eigenvalue weighted by Gasteiger charge is 2.36. The van der Waals surface area contributed by atoms with Gasteiger partial charge in [-0.25, -0.2) is 8.42 Å². The molecule has 0 N–H and O–H groups in total. The summed E-state index contributed by atoms with van der Waals surface area (Å²) in [5, 5.41) is 4.70. The van der Waals surface area contributed by atoms with Gasteiger partial charge >= 0.3 is 0 Å². The zero-order valence-electron chi connectivity index (χ0n) is 16.4. The first-order valence-corrected chi connectivity index (χ1v) is 11.8. The summed E-state index contributed by atoms with van der Waals surface area (Å²) in [5.41, 5.74) is 4.47. The first kappa shape index (κ1) is 18.2. The smallest absolute Gasteiger partial charge is 0.243 e. The largest absolute Gasteiger partial charge is 0.493 e. The van der Waals surface area contributed by atoms with E-state index in [0.717, 1.165) is 68.4 Å². The predicted molar refractivity (Wildman–Crippen MR) is 106 cm³/mol. The van der Waals surface area contributed by atoms with E-state index in [2.05, 4.69) is 0 Å². The van der Waals surface area contributed by atoms with Gasteiger partial charge in [0.05, 0.1) is 23.7 Å². The predicted octanol–water partition coefficient (Wildman–Crippen LogP) is 2.98. The van der Waals surface area contributed by atoms with Gasteiger partial charge < -0.3 is 4.74 Å². The van der Waals surface area contributed by atoms with Crippen LogP contribution in [-0.4, -0.2) is 35.2 Å². The molecule has 0 saturated heterocycles. The minimum absolute atomic E-state index is 0.0635. The molecule has 0 spiro atoms. The van der Waals surface area contributed by atoms with Crippen molar-refractivity contribution in [3.63, 3.8) is 0 Å². The van der Waals surface area contributed by atoms with Crippen LogP contribution in [0.25, 0.3) is 0 Å². The van der Waals surface area contributed by atoms with Crippen LogP contribution in [0, 0.1) is 0 Å². The van der Waals surface area contributed by atoms with E-state index in [0.29, 0.717) is 18.0 Å². The molecule has 2 aliphatic carbocycles. The summed E-state index contributed by atoms with van der Waals surface area (Å²) in [6, 6.07) is 5.38. The number of hydrogen-bond acceptors (Lipinski definition) is 4. The van der Waals surface area contributed by atoms with E-state index in [1.165, 1.54) is 11.3 Å². The van der Waals surface area contributed by atoms with Crippen molar-refractivity contribution in [3.8, 4) is 5.75 Å². The number of ether oxygens (including phenoxy) is 1. The Morgan fingerprint density at radius 3 is 2.82 bits per heavy atom. The molecule has 1 aromatic carbocycles. The van der Waals surface area contributed by atoms with Gasteiger partial charge in [-0.15, -0.1) is 0 Å². The number of hydrogen-bond donors (Lipinski definition) is 0. The molecule has 1 saturated carbocycles. The third-order valence-corrected chi connectivity index (χ3v) is 8.40. The maximum Gasteiger partial charge on any atom is 0.243 e. The third-order valence-electron chi connectivity index (χ3n) is 6.50. The average molecular weight is 402 g/mol. The fourth-order valence-electron chi connectivity index (χ4n) is 5.03. The van der Waals surface area contributed by atoms with Crippen LogP contribution in [0.3, 0.4) is 0 Å². The molecule has 0 bridgehead atoms. The highest BCUT2D eigenvalue weighted by Crippen LogP contribution is 2.34. The average Bonchev–Trinajstić information content (AvgIpc) is 3.46. The third kappa shape index (κ3) is 2.95. The topological polar surface area (TPSA) is 64.4 Å². The van der Waals surface area contributed by atoms with Gasteiger partial charge in [-0.3, -0.25) is 4.68 Å². The van der Waals surface area contributed by atoms with Gasteiger partial charge in [-0.2, -0.15) is 9.40 Å². The van der Waals surface area contributed by atoms with Crippen molar-refractivity contribution in [1.82, 2.24) is 14.1 Å². The van der Waals surface area contributed by atoms with Gasteiger partial charge in [0.2, 0.25) is 10.0 Å². The number of aromatic nitrogens is 2. The minimum Gasteiger partial charge on any atom is -0.493 e. The molecule has 1 fully saturated rings. The number of benzene rings is 1. The molecule has 6 nitrogen and oxygen atoms in total. The van der Waals surface area contributed by atoms with Gasteiger partial charge in [0, 0.05) is 25.2 Å². The molecule has 1 aliphatic heterocycles. The molecule has 28 heavy (non-hydrogen) atoms. The highest BCUT2D eigenvalue weighted by molar-refractivity contribution is 7.89. The van der Waals surface area contributed by atoms with Crippen molar-refractivity contribution in [3.05, 3.63) is 40.7 Å². The highest BCUT2D eigenvalue weighted by atomic mass is 32.2. The lowest BCUT2D eigenvalue weighted by Gasteiger charge is -2.28. The normalized spacial score (nSPS) is 19.2. The van der Waals surface area contributed by atoms with Gasteiger partial charge in [-0.05, 0) is 61.4 Å². The molecule has 5 rings (SSSR count). The second-order valence-corrected chi connectivity index (χ2v) is 10.1. The van der Waals surface area contributed by atoms with E-state index in [4.69, 9.17) is 9.84 Å². The van der Waals surface area contributed by atoms with E-state index in [1.54, 1.807) is 16.4 Å². The first-order valence-electron chi connectivity index (χ1n) is 10.4. The molecule has 0 radical (unpaired) electrons. The monoisotopic (exact) mass is 401 g/mol. The molecule has 0 atom stereocenters. The van der Waals surface area contributed by atoms with Crippen molar-refractivity contribution in [2.24, 2.45) is 7.05 Å². The molecule has 2 aromatic rings. The molecule has 7 heteroatoms. The molecular weight excluding hydrogens is 374 g/mol. The summed E-state index contributed by atoms with van der Waals surface area (Å²) in [7, 11) is -1.61. The fraction of sp³-hybridized carbons (Fsp3) is 0.571. The number of rotatable bonds is 5. The van der Waals surface area contributed by atoms with E-state index in [-0.39, 0.29) is 6.04 Å². The van der Waals surface area contributed by atoms with Crippen molar-refractivity contribution in [1.29, 1.82) is 0 Å². The Morgan fingerprint density at radius 2 is 2.00 bits per heavy atom. The molecule has 3 aliphatic rings. The lowest BCUT2D eigenvalue weighted by molar-refractivity contribution is 0.311. The molecule has 0 amide bonds. The summed E-state index contributed by atoms with van der Waals surface area (Å²) in [6.45, 7) is 1.01. The molecule has 1 aromatic heterocycles. The number of fused-ring (bicyclic) bond motifs is 2. The first-order chi connectivity index (χ1) is 13.5. The second kappa shape index (κ2) is 6.88. The Morgan fingerprint density at radius 1 is 1.18 bits per heavy atom. The van der Waals surface area contributed by atoms with Crippen LogP contribution in [-0.2, 0) is 42.9 Å². The lowest BCUT2D eigenvalue weighted by Crippen LogP contribution is -2.38. The molecule has 2 heterocycles. The van der Waals surface area contributed by atoms with Crippen LogP contribution in [0.4, 0.5) is 0 Å². The van der Waals surface area contributed by atoms with E-state index >= 15 is 0 Å². The summed E-state index contributed by atoms with van der Waals surface area (Å²) >= 11 is 0. The van der Waals surface area contributed by atoms with E-state index in [1.807, 2.05) is 17.8 Å². The van der Waals surface area contributed by atoms with Crippen molar-refractivity contribution >= 4 is 10.0 Å². The van der Waals surface area contributed by atoms with Crippen LogP contribution in [0.15, 0.2) is 23.1 Å². The quantitative estimate of drug-likeness (QED) is 0.773. The zero-order chi connectivity index (χ0) is 19.3. The summed E-state index contributed by atoms with van der Waals surface area (Å²) in [6.07, 6.45) is 8.01. The van der Waals surface area contributed by atoms with E-state index < -0.39 is 10.0 Å². The molecular formula is C21H27N3O3S.